The quantitative estimate of drug-likeness (QED) is 0.400. The number of nitrogens with zero attached hydrogens (tertiary/aromatic N) is 1. The van der Waals surface area contributed by atoms with Crippen molar-refractivity contribution in [2.45, 2.75) is 50.4 Å². The first kappa shape index (κ1) is 26.6. The molecule has 0 bridgehead atoms. The van der Waals surface area contributed by atoms with Gasteiger partial charge in [-0.05, 0) is 47.9 Å². The van der Waals surface area contributed by atoms with Gasteiger partial charge in [0, 0.05) is 20.0 Å². The number of hydrogen-bond donors (Lipinski definition) is 4. The highest BCUT2D eigenvalue weighted by atomic mass is 32.1. The molecule has 0 unspecified atom stereocenters. The molecule has 35 heavy (non-hydrogen) atoms. The van der Waals surface area contributed by atoms with Gasteiger partial charge < -0.3 is 20.6 Å². The zero-order valence-corrected chi connectivity index (χ0v) is 21.4. The van der Waals surface area contributed by atoms with E-state index in [9.17, 15) is 19.5 Å². The number of amides is 3. The second-order valence-electron chi connectivity index (χ2n) is 9.45. The molecule has 0 saturated carbocycles. The van der Waals surface area contributed by atoms with Crippen molar-refractivity contribution in [1.82, 2.24) is 15.5 Å². The molecule has 0 aromatic heterocycles. The second-order valence-corrected chi connectivity index (χ2v) is 10.0. The summed E-state index contributed by atoms with van der Waals surface area (Å²) in [5, 5.41) is 14.6. The van der Waals surface area contributed by atoms with Gasteiger partial charge in [0.1, 0.15) is 17.8 Å². The third-order valence-electron chi connectivity index (χ3n) is 6.56. The molecular formula is C27H35N3O4S. The minimum Gasteiger partial charge on any atom is -0.508 e. The molecule has 188 valence electrons. The summed E-state index contributed by atoms with van der Waals surface area (Å²) in [4.78, 5) is 41.2. The Kier molecular flexibility index (Phi) is 9.20. The average molecular weight is 498 g/mol. The van der Waals surface area contributed by atoms with E-state index in [1.807, 2.05) is 44.2 Å². The fourth-order valence-corrected chi connectivity index (χ4v) is 4.70. The summed E-state index contributed by atoms with van der Waals surface area (Å²) in [7, 11) is 1.52. The van der Waals surface area contributed by atoms with Gasteiger partial charge in [0.2, 0.25) is 17.7 Å². The largest absolute Gasteiger partial charge is 0.508 e. The molecule has 1 saturated heterocycles. The van der Waals surface area contributed by atoms with Crippen LogP contribution in [0.4, 0.5) is 0 Å². The van der Waals surface area contributed by atoms with E-state index in [1.165, 1.54) is 7.05 Å². The molecule has 1 aliphatic heterocycles. The molecule has 3 rings (SSSR count). The Morgan fingerprint density at radius 2 is 1.71 bits per heavy atom. The van der Waals surface area contributed by atoms with Crippen molar-refractivity contribution in [1.29, 1.82) is 0 Å². The number of phenolic OH excluding ortho intramolecular Hbond substituents is 1. The van der Waals surface area contributed by atoms with Crippen LogP contribution < -0.4 is 10.6 Å². The molecule has 2 aromatic carbocycles. The van der Waals surface area contributed by atoms with Crippen LogP contribution in [0.1, 0.15) is 31.4 Å². The lowest BCUT2D eigenvalue weighted by Crippen LogP contribution is -2.56. The van der Waals surface area contributed by atoms with E-state index in [0.29, 0.717) is 19.4 Å². The van der Waals surface area contributed by atoms with E-state index in [0.717, 1.165) is 11.1 Å². The SMILES string of the molecule is CNC(=O)[C@H](Cc1ccc(O)cc1)NC(=O)[C@@H]1[C@H](Cc2ccccc2)CCN1C(=O)[C@@H](S)C(C)C. The average Bonchev–Trinajstić information content (AvgIpc) is 3.27. The summed E-state index contributed by atoms with van der Waals surface area (Å²) in [6, 6.07) is 14.9. The van der Waals surface area contributed by atoms with E-state index >= 15 is 0 Å². The van der Waals surface area contributed by atoms with Crippen LogP contribution in [-0.4, -0.2) is 58.7 Å². The number of nitrogens with one attached hydrogen (secondary N) is 2. The van der Waals surface area contributed by atoms with Crippen LogP contribution in [0, 0.1) is 11.8 Å². The zero-order valence-electron chi connectivity index (χ0n) is 20.5. The van der Waals surface area contributed by atoms with Crippen LogP contribution in [0.15, 0.2) is 54.6 Å². The summed E-state index contributed by atoms with van der Waals surface area (Å²) in [6.45, 7) is 4.34. The van der Waals surface area contributed by atoms with Crippen LogP contribution in [0.3, 0.4) is 0 Å². The highest BCUT2D eigenvalue weighted by Crippen LogP contribution is 2.30. The number of hydrogen-bond acceptors (Lipinski definition) is 5. The second kappa shape index (κ2) is 12.1. The van der Waals surface area contributed by atoms with Crippen molar-refractivity contribution in [2.75, 3.05) is 13.6 Å². The lowest BCUT2D eigenvalue weighted by molar-refractivity contribution is -0.140. The van der Waals surface area contributed by atoms with Crippen molar-refractivity contribution < 1.29 is 19.5 Å². The maximum Gasteiger partial charge on any atom is 0.243 e. The number of rotatable bonds is 9. The zero-order chi connectivity index (χ0) is 25.5. The van der Waals surface area contributed by atoms with Gasteiger partial charge in [-0.3, -0.25) is 14.4 Å². The van der Waals surface area contributed by atoms with E-state index in [1.54, 1.807) is 29.2 Å². The molecule has 1 heterocycles. The van der Waals surface area contributed by atoms with E-state index in [-0.39, 0.29) is 41.7 Å². The monoisotopic (exact) mass is 497 g/mol. The topological polar surface area (TPSA) is 98.7 Å². The first-order valence-corrected chi connectivity index (χ1v) is 12.5. The normalized spacial score (nSPS) is 19.3. The summed E-state index contributed by atoms with van der Waals surface area (Å²) in [5.74, 6) is -0.743. The molecule has 2 aromatic rings. The molecule has 4 atom stereocenters. The number of aromatic hydroxyl groups is 1. The fraction of sp³-hybridized carbons (Fsp3) is 0.444. The van der Waals surface area contributed by atoms with Crippen LogP contribution in [0.5, 0.6) is 5.75 Å². The Hall–Kier alpha value is -3.00. The van der Waals surface area contributed by atoms with Crippen LogP contribution in [0.2, 0.25) is 0 Å². The van der Waals surface area contributed by atoms with Gasteiger partial charge in [-0.15, -0.1) is 0 Å². The Balaban J connectivity index is 1.85. The van der Waals surface area contributed by atoms with Crippen molar-refractivity contribution in [3.63, 3.8) is 0 Å². The Morgan fingerprint density at radius 1 is 1.06 bits per heavy atom. The number of benzene rings is 2. The molecule has 3 N–H and O–H groups in total. The minimum atomic E-state index is -0.816. The maximum atomic E-state index is 13.7. The third-order valence-corrected chi connectivity index (χ3v) is 7.37. The molecule has 0 aliphatic carbocycles. The molecule has 1 fully saturated rings. The van der Waals surface area contributed by atoms with Gasteiger partial charge in [-0.1, -0.05) is 56.3 Å². The number of carbonyl (C=O) groups is 3. The lowest BCUT2D eigenvalue weighted by atomic mass is 9.91. The van der Waals surface area contributed by atoms with Crippen molar-refractivity contribution in [3.8, 4) is 5.75 Å². The number of thiol groups is 1. The fourth-order valence-electron chi connectivity index (χ4n) is 4.55. The molecule has 3 amide bonds. The molecule has 0 radical (unpaired) electrons. The molecule has 7 nitrogen and oxygen atoms in total. The predicted molar refractivity (Wildman–Crippen MR) is 139 cm³/mol. The first-order valence-electron chi connectivity index (χ1n) is 12.0. The van der Waals surface area contributed by atoms with Crippen LogP contribution in [0.25, 0.3) is 0 Å². The molecule has 8 heteroatoms. The smallest absolute Gasteiger partial charge is 0.243 e. The van der Waals surface area contributed by atoms with Gasteiger partial charge in [0.15, 0.2) is 0 Å². The van der Waals surface area contributed by atoms with Gasteiger partial charge >= 0.3 is 0 Å². The van der Waals surface area contributed by atoms with Crippen molar-refractivity contribution >= 4 is 30.4 Å². The Bertz CT molecular complexity index is 1010. The Morgan fingerprint density at radius 3 is 2.31 bits per heavy atom. The minimum absolute atomic E-state index is 0.0239. The molecule has 1 aliphatic rings. The highest BCUT2D eigenvalue weighted by molar-refractivity contribution is 7.81. The van der Waals surface area contributed by atoms with E-state index in [4.69, 9.17) is 0 Å². The maximum absolute atomic E-state index is 13.7. The summed E-state index contributed by atoms with van der Waals surface area (Å²) in [5.41, 5.74) is 1.90. The number of carbonyl (C=O) groups excluding carboxylic acids is 3. The summed E-state index contributed by atoms with van der Waals surface area (Å²) < 4.78 is 0. The summed E-state index contributed by atoms with van der Waals surface area (Å²) >= 11 is 4.52. The summed E-state index contributed by atoms with van der Waals surface area (Å²) in [6.07, 6.45) is 1.61. The van der Waals surface area contributed by atoms with E-state index in [2.05, 4.69) is 23.3 Å². The van der Waals surface area contributed by atoms with Crippen molar-refractivity contribution in [3.05, 3.63) is 65.7 Å². The van der Waals surface area contributed by atoms with E-state index < -0.39 is 17.3 Å². The molecule has 0 spiro atoms. The highest BCUT2D eigenvalue weighted by Gasteiger charge is 2.44. The van der Waals surface area contributed by atoms with Gasteiger partial charge in [0.25, 0.3) is 0 Å². The van der Waals surface area contributed by atoms with Crippen LogP contribution in [-0.2, 0) is 27.2 Å². The third kappa shape index (κ3) is 6.78. The lowest BCUT2D eigenvalue weighted by Gasteiger charge is -2.31. The molecular weight excluding hydrogens is 462 g/mol. The van der Waals surface area contributed by atoms with Gasteiger partial charge in [0.05, 0.1) is 5.25 Å². The Labute approximate surface area is 212 Å². The number of phenols is 1. The standard InChI is InChI=1S/C27H35N3O4S/c1-17(2)24(35)27(34)30-14-13-20(15-18-7-5-4-6-8-18)23(30)26(33)29-22(25(32)28-3)16-19-9-11-21(31)12-10-19/h4-12,17,20,22-24,31,35H,13-16H2,1-3H3,(H,28,32)(H,29,33)/t20-,22-,23-,24-/m0/s1. The number of likely N-dealkylation sites (tertiary alicyclic amines) is 1. The van der Waals surface area contributed by atoms with Gasteiger partial charge in [-0.25, -0.2) is 0 Å². The first-order chi connectivity index (χ1) is 16.7. The van der Waals surface area contributed by atoms with Crippen LogP contribution >= 0.6 is 12.6 Å². The van der Waals surface area contributed by atoms with Gasteiger partial charge in [-0.2, -0.15) is 12.6 Å². The predicted octanol–water partition coefficient (Wildman–Crippen LogP) is 2.58. The van der Waals surface area contributed by atoms with Crippen molar-refractivity contribution in [2.24, 2.45) is 11.8 Å². The number of likely N-dealkylation sites (N-methyl/N-ethyl adjacent to an activating group) is 1.